The van der Waals surface area contributed by atoms with Crippen LogP contribution in [0.3, 0.4) is 0 Å². The second-order valence-electron chi connectivity index (χ2n) is 13.8. The van der Waals surface area contributed by atoms with Crippen molar-refractivity contribution in [3.63, 3.8) is 0 Å². The molecule has 2 aromatic carbocycles. The van der Waals surface area contributed by atoms with Crippen LogP contribution < -0.4 is 21.3 Å². The molecule has 0 saturated heterocycles. The number of rotatable bonds is 21. The summed E-state index contributed by atoms with van der Waals surface area (Å²) in [6.07, 6.45) is 5.22. The Morgan fingerprint density at radius 2 is 0.929 bits per heavy atom. The van der Waals surface area contributed by atoms with Crippen molar-refractivity contribution >= 4 is 35.6 Å². The van der Waals surface area contributed by atoms with Gasteiger partial charge in [-0.3, -0.25) is 19.2 Å². The van der Waals surface area contributed by atoms with Crippen LogP contribution in [0.15, 0.2) is 73.3 Å². The van der Waals surface area contributed by atoms with Crippen LogP contribution in [0.5, 0.6) is 0 Å². The van der Waals surface area contributed by atoms with Gasteiger partial charge in [0.1, 0.15) is 36.7 Å². The van der Waals surface area contributed by atoms with E-state index in [1.165, 1.54) is 12.7 Å². The highest BCUT2D eigenvalue weighted by molar-refractivity contribution is 6.06. The highest BCUT2D eigenvalue weighted by Crippen LogP contribution is 2.12. The number of nitrogens with one attached hydrogen (secondary N) is 6. The SMILES string of the molecule is CC(C)[C@H](NC(=O)c1nc[nH]c1C(=O)NCCCCCCNC(=O)c1[nH]cnc1C(=O)N[C@H](C(=O)OCc1ccccc1)C(C)C)C(=O)OCc1ccccc1. The highest BCUT2D eigenvalue weighted by Gasteiger charge is 2.30. The number of nitrogens with zero attached hydrogens (tertiary/aromatic N) is 2. The Morgan fingerprint density at radius 3 is 1.29 bits per heavy atom. The summed E-state index contributed by atoms with van der Waals surface area (Å²) in [6, 6.07) is 16.5. The number of unbranched alkanes of at least 4 members (excludes halogenated alkanes) is 3. The molecule has 4 aromatic rings. The summed E-state index contributed by atoms with van der Waals surface area (Å²) in [7, 11) is 0. The van der Waals surface area contributed by atoms with Gasteiger partial charge in [0.25, 0.3) is 23.6 Å². The molecule has 2 heterocycles. The van der Waals surface area contributed by atoms with E-state index >= 15 is 0 Å². The minimum absolute atomic E-state index is 0.0278. The van der Waals surface area contributed by atoms with Gasteiger partial charge in [-0.05, 0) is 35.8 Å². The first kappa shape index (κ1) is 42.4. The third kappa shape index (κ3) is 12.6. The van der Waals surface area contributed by atoms with E-state index in [-0.39, 0.29) is 47.8 Å². The minimum atomic E-state index is -0.949. The van der Waals surface area contributed by atoms with Crippen molar-refractivity contribution < 1.29 is 38.2 Å². The lowest BCUT2D eigenvalue weighted by molar-refractivity contribution is -0.149. The zero-order valence-electron chi connectivity index (χ0n) is 32.1. The predicted octanol–water partition coefficient (Wildman–Crippen LogP) is 3.85. The molecule has 4 rings (SSSR count). The second-order valence-corrected chi connectivity index (χ2v) is 13.8. The van der Waals surface area contributed by atoms with E-state index in [1.54, 1.807) is 27.7 Å². The number of hydrogen-bond donors (Lipinski definition) is 6. The number of imidazole rings is 2. The number of aromatic nitrogens is 4. The fraction of sp³-hybridized carbons (Fsp3) is 0.400. The van der Waals surface area contributed by atoms with Gasteiger partial charge in [0.2, 0.25) is 0 Å². The number of esters is 2. The number of H-pyrrole nitrogens is 2. The molecule has 6 N–H and O–H groups in total. The molecule has 0 aliphatic rings. The Morgan fingerprint density at radius 1 is 0.554 bits per heavy atom. The number of ether oxygens (including phenoxy) is 2. The van der Waals surface area contributed by atoms with Gasteiger partial charge in [0.05, 0.1) is 12.7 Å². The molecule has 4 amide bonds. The Hall–Kier alpha value is -6.32. The number of carbonyl (C=O) groups excluding carboxylic acids is 6. The van der Waals surface area contributed by atoms with Crippen molar-refractivity contribution in [3.8, 4) is 0 Å². The van der Waals surface area contributed by atoms with E-state index in [2.05, 4.69) is 41.2 Å². The lowest BCUT2D eigenvalue weighted by Gasteiger charge is -2.20. The van der Waals surface area contributed by atoms with Gasteiger partial charge in [-0.15, -0.1) is 0 Å². The Balaban J connectivity index is 1.15. The lowest BCUT2D eigenvalue weighted by atomic mass is 10.0. The molecular formula is C40H50N8O8. The molecule has 16 nitrogen and oxygen atoms in total. The van der Waals surface area contributed by atoms with E-state index < -0.39 is 47.7 Å². The fourth-order valence-corrected chi connectivity index (χ4v) is 5.51. The first-order chi connectivity index (χ1) is 27.0. The highest BCUT2D eigenvalue weighted by atomic mass is 16.5. The summed E-state index contributed by atoms with van der Waals surface area (Å²) >= 11 is 0. The summed E-state index contributed by atoms with van der Waals surface area (Å²) in [6.45, 7) is 7.88. The Labute approximate surface area is 325 Å². The van der Waals surface area contributed by atoms with Gasteiger partial charge in [0.15, 0.2) is 11.4 Å². The standard InChI is InChI=1S/C40H50N8O8/c1-25(2)29(39(53)55-21-27-15-9-7-10-16-27)47-37(51)33-31(43-23-45-33)35(49)41-19-13-5-6-14-20-42-36(50)32-34(46-24-44-32)38(52)48-30(26(3)4)40(54)56-22-28-17-11-8-12-18-28/h7-12,15-18,23-26,29-30H,5-6,13-14,19-22H2,1-4H3,(H,41,49)(H,42,50)(H,43,45)(H,44,46)(H,47,51)(H,48,52)/t29-,30-/m0/s1. The average molecular weight is 771 g/mol. The second kappa shape index (κ2) is 21.5. The average Bonchev–Trinajstić information content (AvgIpc) is 3.90. The van der Waals surface area contributed by atoms with Crippen molar-refractivity contribution in [2.45, 2.75) is 78.7 Å². The van der Waals surface area contributed by atoms with Crippen LogP contribution in [0.25, 0.3) is 0 Å². The van der Waals surface area contributed by atoms with Gasteiger partial charge in [0, 0.05) is 13.1 Å². The number of hydrogen-bond acceptors (Lipinski definition) is 10. The van der Waals surface area contributed by atoms with Crippen LogP contribution in [0.4, 0.5) is 0 Å². The largest absolute Gasteiger partial charge is 0.459 e. The summed E-state index contributed by atoms with van der Waals surface area (Å²) in [5.41, 5.74) is 1.29. The molecule has 0 aliphatic carbocycles. The molecule has 0 radical (unpaired) electrons. The monoisotopic (exact) mass is 770 g/mol. The summed E-state index contributed by atoms with van der Waals surface area (Å²) in [5.74, 6) is -4.16. The topological polar surface area (TPSA) is 226 Å². The summed E-state index contributed by atoms with van der Waals surface area (Å²) in [5, 5.41) is 10.8. The van der Waals surface area contributed by atoms with Gasteiger partial charge in [-0.2, -0.15) is 0 Å². The molecule has 0 spiro atoms. The van der Waals surface area contributed by atoms with E-state index in [0.717, 1.165) is 24.0 Å². The Bertz CT molecular complexity index is 1770. The van der Waals surface area contributed by atoms with Crippen LogP contribution in [0.2, 0.25) is 0 Å². The molecule has 2 atom stereocenters. The maximum Gasteiger partial charge on any atom is 0.329 e. The van der Waals surface area contributed by atoms with Crippen molar-refractivity contribution in [2.24, 2.45) is 11.8 Å². The molecule has 16 heteroatoms. The molecule has 0 bridgehead atoms. The summed E-state index contributed by atoms with van der Waals surface area (Å²) in [4.78, 5) is 91.0. The number of benzene rings is 2. The smallest absolute Gasteiger partial charge is 0.329 e. The lowest BCUT2D eigenvalue weighted by Crippen LogP contribution is -2.46. The quantitative estimate of drug-likeness (QED) is 0.0530. The first-order valence-corrected chi connectivity index (χ1v) is 18.6. The molecular weight excluding hydrogens is 720 g/mol. The van der Waals surface area contributed by atoms with Crippen LogP contribution in [0.1, 0.15) is 106 Å². The van der Waals surface area contributed by atoms with Gasteiger partial charge in [-0.25, -0.2) is 19.6 Å². The maximum absolute atomic E-state index is 13.1. The van der Waals surface area contributed by atoms with E-state index in [4.69, 9.17) is 9.47 Å². The number of amides is 4. The zero-order valence-corrected chi connectivity index (χ0v) is 32.1. The van der Waals surface area contributed by atoms with Crippen molar-refractivity contribution in [1.82, 2.24) is 41.2 Å². The van der Waals surface area contributed by atoms with Crippen LogP contribution in [-0.4, -0.2) is 80.7 Å². The van der Waals surface area contributed by atoms with E-state index in [1.807, 2.05) is 60.7 Å². The molecule has 0 unspecified atom stereocenters. The molecule has 0 aliphatic heterocycles. The van der Waals surface area contributed by atoms with Crippen LogP contribution >= 0.6 is 0 Å². The zero-order chi connectivity index (χ0) is 40.5. The minimum Gasteiger partial charge on any atom is -0.459 e. The van der Waals surface area contributed by atoms with Gasteiger partial charge < -0.3 is 40.7 Å². The molecule has 56 heavy (non-hydrogen) atoms. The third-order valence-electron chi connectivity index (χ3n) is 8.70. The van der Waals surface area contributed by atoms with Crippen molar-refractivity contribution in [2.75, 3.05) is 13.1 Å². The maximum atomic E-state index is 13.1. The van der Waals surface area contributed by atoms with Crippen LogP contribution in [0, 0.1) is 11.8 Å². The molecule has 0 fully saturated rings. The Kier molecular flexibility index (Phi) is 16.3. The van der Waals surface area contributed by atoms with E-state index in [9.17, 15) is 28.8 Å². The predicted molar refractivity (Wildman–Crippen MR) is 205 cm³/mol. The first-order valence-electron chi connectivity index (χ1n) is 18.6. The van der Waals surface area contributed by atoms with Crippen molar-refractivity contribution in [1.29, 1.82) is 0 Å². The van der Waals surface area contributed by atoms with Gasteiger partial charge >= 0.3 is 11.9 Å². The molecule has 0 saturated carbocycles. The number of carbonyl (C=O) groups is 6. The third-order valence-corrected chi connectivity index (χ3v) is 8.70. The molecule has 298 valence electrons. The van der Waals surface area contributed by atoms with Gasteiger partial charge in [-0.1, -0.05) is 101 Å². The van der Waals surface area contributed by atoms with Crippen molar-refractivity contribution in [3.05, 3.63) is 107 Å². The molecule has 2 aromatic heterocycles. The van der Waals surface area contributed by atoms with E-state index in [0.29, 0.717) is 25.9 Å². The number of aromatic amines is 2. The van der Waals surface area contributed by atoms with Crippen LogP contribution in [-0.2, 0) is 32.3 Å². The normalized spacial score (nSPS) is 12.0. The summed E-state index contributed by atoms with van der Waals surface area (Å²) < 4.78 is 10.8. The fourth-order valence-electron chi connectivity index (χ4n) is 5.51.